The van der Waals surface area contributed by atoms with Crippen LogP contribution in [0.15, 0.2) is 65.8 Å². The second kappa shape index (κ2) is 8.14. The first-order valence-electron chi connectivity index (χ1n) is 10.1. The summed E-state index contributed by atoms with van der Waals surface area (Å²) in [5.74, 6) is 1.22. The van der Waals surface area contributed by atoms with E-state index in [0.29, 0.717) is 43.5 Å². The zero-order chi connectivity index (χ0) is 21.2. The number of piperazine rings is 1. The summed E-state index contributed by atoms with van der Waals surface area (Å²) in [5.41, 5.74) is 3.79. The Morgan fingerprint density at radius 3 is 2.42 bits per heavy atom. The van der Waals surface area contributed by atoms with Crippen molar-refractivity contribution in [3.63, 3.8) is 0 Å². The molecule has 4 aromatic rings. The van der Waals surface area contributed by atoms with E-state index in [9.17, 15) is 4.39 Å². The number of furan rings is 1. The molecule has 0 bridgehead atoms. The topological polar surface area (TPSA) is 71.2 Å². The molecule has 0 amide bonds. The van der Waals surface area contributed by atoms with Gasteiger partial charge in [-0.15, -0.1) is 0 Å². The van der Waals surface area contributed by atoms with Crippen molar-refractivity contribution < 1.29 is 8.81 Å². The first-order chi connectivity index (χ1) is 15.2. The van der Waals surface area contributed by atoms with Gasteiger partial charge in [0.05, 0.1) is 29.5 Å². The standard InChI is InChI=1S/C23H21FN6O/c1-16-17(6-13-31-16)22-18(20-15-25-7-8-26-20)14-27-23(28-22)30-11-9-29(10-12-30)21-5-3-2-4-19(21)24/h2-8,13-15H,9-12H2,1H3. The van der Waals surface area contributed by atoms with Gasteiger partial charge in [0.1, 0.15) is 11.6 Å². The number of aryl methyl sites for hydroxylation is 1. The minimum atomic E-state index is -0.196. The minimum absolute atomic E-state index is 0.196. The molecule has 8 heteroatoms. The van der Waals surface area contributed by atoms with Crippen molar-refractivity contribution in [2.75, 3.05) is 36.0 Å². The van der Waals surface area contributed by atoms with E-state index in [1.54, 1.807) is 37.1 Å². The van der Waals surface area contributed by atoms with Gasteiger partial charge in [0.2, 0.25) is 5.95 Å². The van der Waals surface area contributed by atoms with Gasteiger partial charge in [0, 0.05) is 55.9 Å². The number of benzene rings is 1. The number of nitrogens with zero attached hydrogens (tertiary/aromatic N) is 6. The van der Waals surface area contributed by atoms with Crippen molar-refractivity contribution >= 4 is 11.6 Å². The number of rotatable bonds is 4. The van der Waals surface area contributed by atoms with Crippen LogP contribution in [0.25, 0.3) is 22.5 Å². The Balaban J connectivity index is 1.45. The van der Waals surface area contributed by atoms with Crippen LogP contribution < -0.4 is 9.80 Å². The third kappa shape index (κ3) is 3.72. The summed E-state index contributed by atoms with van der Waals surface area (Å²) >= 11 is 0. The number of para-hydroxylation sites is 1. The molecular weight excluding hydrogens is 395 g/mol. The van der Waals surface area contributed by atoms with Crippen molar-refractivity contribution in [3.8, 4) is 22.5 Å². The summed E-state index contributed by atoms with van der Waals surface area (Å²) in [7, 11) is 0. The smallest absolute Gasteiger partial charge is 0.226 e. The van der Waals surface area contributed by atoms with E-state index >= 15 is 0 Å². The van der Waals surface area contributed by atoms with Crippen molar-refractivity contribution in [2.45, 2.75) is 6.92 Å². The van der Waals surface area contributed by atoms with E-state index < -0.39 is 0 Å². The highest BCUT2D eigenvalue weighted by atomic mass is 19.1. The van der Waals surface area contributed by atoms with Gasteiger partial charge < -0.3 is 14.2 Å². The molecule has 0 saturated carbocycles. The van der Waals surface area contributed by atoms with Crippen molar-refractivity contribution in [3.05, 3.63) is 73.0 Å². The number of halogens is 1. The fourth-order valence-electron chi connectivity index (χ4n) is 3.84. The van der Waals surface area contributed by atoms with E-state index in [1.165, 1.54) is 6.07 Å². The second-order valence-corrected chi connectivity index (χ2v) is 7.34. The van der Waals surface area contributed by atoms with E-state index in [4.69, 9.17) is 9.40 Å². The van der Waals surface area contributed by atoms with Crippen LogP contribution in [0, 0.1) is 12.7 Å². The molecule has 1 aliphatic rings. The molecule has 1 aromatic carbocycles. The Kier molecular flexibility index (Phi) is 5.03. The molecule has 1 saturated heterocycles. The molecule has 0 spiro atoms. The zero-order valence-electron chi connectivity index (χ0n) is 17.1. The molecule has 7 nitrogen and oxygen atoms in total. The lowest BCUT2D eigenvalue weighted by Gasteiger charge is -2.36. The fraction of sp³-hybridized carbons (Fsp3) is 0.217. The Hall–Kier alpha value is -3.81. The fourth-order valence-corrected chi connectivity index (χ4v) is 3.84. The monoisotopic (exact) mass is 416 g/mol. The van der Waals surface area contributed by atoms with Crippen LogP contribution in [-0.4, -0.2) is 46.1 Å². The normalized spacial score (nSPS) is 14.1. The van der Waals surface area contributed by atoms with E-state index in [1.807, 2.05) is 25.1 Å². The van der Waals surface area contributed by atoms with Crippen LogP contribution >= 0.6 is 0 Å². The third-order valence-corrected chi connectivity index (χ3v) is 5.48. The van der Waals surface area contributed by atoms with Crippen LogP contribution in [0.5, 0.6) is 0 Å². The Morgan fingerprint density at radius 1 is 0.903 bits per heavy atom. The average molecular weight is 416 g/mol. The summed E-state index contributed by atoms with van der Waals surface area (Å²) in [4.78, 5) is 22.3. The maximum absolute atomic E-state index is 14.1. The van der Waals surface area contributed by atoms with Crippen LogP contribution in [0.4, 0.5) is 16.0 Å². The number of hydrogen-bond donors (Lipinski definition) is 0. The lowest BCUT2D eigenvalue weighted by Crippen LogP contribution is -2.47. The molecule has 31 heavy (non-hydrogen) atoms. The molecule has 0 unspecified atom stereocenters. The van der Waals surface area contributed by atoms with Crippen LogP contribution in [0.2, 0.25) is 0 Å². The summed E-state index contributed by atoms with van der Waals surface area (Å²) in [6, 6.07) is 8.78. The zero-order valence-corrected chi connectivity index (χ0v) is 17.1. The molecule has 1 aliphatic heterocycles. The van der Waals surface area contributed by atoms with Gasteiger partial charge in [0.25, 0.3) is 0 Å². The molecule has 1 fully saturated rings. The molecule has 3 aromatic heterocycles. The maximum Gasteiger partial charge on any atom is 0.226 e. The predicted octanol–water partition coefficient (Wildman–Crippen LogP) is 3.97. The van der Waals surface area contributed by atoms with Crippen molar-refractivity contribution in [1.29, 1.82) is 0 Å². The Morgan fingerprint density at radius 2 is 1.71 bits per heavy atom. The SMILES string of the molecule is Cc1occc1-c1nc(N2CCN(c3ccccc3F)CC2)ncc1-c1cnccn1. The minimum Gasteiger partial charge on any atom is -0.469 e. The lowest BCUT2D eigenvalue weighted by molar-refractivity contribution is 0.535. The molecule has 5 rings (SSSR count). The molecule has 0 aliphatic carbocycles. The van der Waals surface area contributed by atoms with Gasteiger partial charge in [-0.05, 0) is 25.1 Å². The highest BCUT2D eigenvalue weighted by Crippen LogP contribution is 2.33. The van der Waals surface area contributed by atoms with Crippen molar-refractivity contribution in [2.24, 2.45) is 0 Å². The number of hydrogen-bond acceptors (Lipinski definition) is 7. The first kappa shape index (κ1) is 19.2. The molecule has 0 atom stereocenters. The average Bonchev–Trinajstić information content (AvgIpc) is 3.25. The molecule has 0 radical (unpaired) electrons. The van der Waals surface area contributed by atoms with Crippen LogP contribution in [0.1, 0.15) is 5.76 Å². The molecular formula is C23H21FN6O. The quantitative estimate of drug-likeness (QED) is 0.498. The second-order valence-electron chi connectivity index (χ2n) is 7.34. The van der Waals surface area contributed by atoms with Crippen LogP contribution in [0.3, 0.4) is 0 Å². The maximum atomic E-state index is 14.1. The third-order valence-electron chi connectivity index (χ3n) is 5.48. The van der Waals surface area contributed by atoms with Crippen LogP contribution in [-0.2, 0) is 0 Å². The van der Waals surface area contributed by atoms with Gasteiger partial charge in [0.15, 0.2) is 0 Å². The van der Waals surface area contributed by atoms with Gasteiger partial charge in [-0.1, -0.05) is 12.1 Å². The lowest BCUT2D eigenvalue weighted by atomic mass is 10.1. The van der Waals surface area contributed by atoms with Gasteiger partial charge in [-0.3, -0.25) is 9.97 Å². The molecule has 156 valence electrons. The van der Waals surface area contributed by atoms with E-state index in [2.05, 4.69) is 24.8 Å². The van der Waals surface area contributed by atoms with Gasteiger partial charge in [-0.25, -0.2) is 14.4 Å². The van der Waals surface area contributed by atoms with Gasteiger partial charge >= 0.3 is 0 Å². The first-order valence-corrected chi connectivity index (χ1v) is 10.1. The highest BCUT2D eigenvalue weighted by molar-refractivity contribution is 5.79. The number of aromatic nitrogens is 4. The van der Waals surface area contributed by atoms with E-state index in [0.717, 1.165) is 22.6 Å². The molecule has 4 heterocycles. The van der Waals surface area contributed by atoms with Crippen molar-refractivity contribution in [1.82, 2.24) is 19.9 Å². The summed E-state index contributed by atoms with van der Waals surface area (Å²) in [6.45, 7) is 4.68. The Labute approximate surface area is 179 Å². The van der Waals surface area contributed by atoms with Gasteiger partial charge in [-0.2, -0.15) is 0 Å². The molecule has 0 N–H and O–H groups in total. The highest BCUT2D eigenvalue weighted by Gasteiger charge is 2.23. The Bertz CT molecular complexity index is 1190. The van der Waals surface area contributed by atoms with E-state index in [-0.39, 0.29) is 5.82 Å². The summed E-state index contributed by atoms with van der Waals surface area (Å²) in [6.07, 6.45) is 8.43. The summed E-state index contributed by atoms with van der Waals surface area (Å²) in [5, 5.41) is 0. The summed E-state index contributed by atoms with van der Waals surface area (Å²) < 4.78 is 19.7. The largest absolute Gasteiger partial charge is 0.469 e. The number of anilines is 2. The predicted molar refractivity (Wildman–Crippen MR) is 116 cm³/mol.